The minimum absolute atomic E-state index is 0.0644. The van der Waals surface area contributed by atoms with Crippen molar-refractivity contribution in [2.45, 2.75) is 63.0 Å². The van der Waals surface area contributed by atoms with Crippen molar-refractivity contribution in [3.63, 3.8) is 0 Å². The molecule has 5 fully saturated rings. The second kappa shape index (κ2) is 4.68. The molecule has 0 aromatic heterocycles. The first-order chi connectivity index (χ1) is 10.0. The van der Waals surface area contributed by atoms with E-state index in [1.165, 1.54) is 11.3 Å². The van der Waals surface area contributed by atoms with Crippen LogP contribution in [0.4, 0.5) is 0 Å². The summed E-state index contributed by atoms with van der Waals surface area (Å²) in [6.07, 6.45) is 5.50. The molecule has 5 atom stereocenters. The summed E-state index contributed by atoms with van der Waals surface area (Å²) in [5.74, 6) is 0.960. The number of nitrogens with one attached hydrogen (secondary N) is 1. The van der Waals surface area contributed by atoms with E-state index in [-0.39, 0.29) is 24.5 Å². The van der Waals surface area contributed by atoms with E-state index in [9.17, 15) is 14.7 Å². The molecule has 21 heavy (non-hydrogen) atoms. The summed E-state index contributed by atoms with van der Waals surface area (Å²) in [6.45, 7) is -0.0644. The number of ether oxygens (including phenoxy) is 1. The maximum absolute atomic E-state index is 12.3. The molecule has 0 spiro atoms. The predicted molar refractivity (Wildman–Crippen MR) is 72.8 cm³/mol. The molecule has 2 amide bonds. The highest BCUT2D eigenvalue weighted by Crippen LogP contribution is 2.51. The van der Waals surface area contributed by atoms with Crippen LogP contribution < -0.4 is 5.32 Å². The quantitative estimate of drug-likeness (QED) is 0.787. The standard InChI is InChI=1S/C15H22N2O4/c18-12(8-17-13(19)1-2-14(17)20)16-15-6-9-3-10(7-15)5-11(4-9)21-15/h9-11,13,19H,1-8H2,(H,16,18)/t9-,10+,11?,13?,15?. The smallest absolute Gasteiger partial charge is 0.241 e. The molecule has 0 aromatic carbocycles. The van der Waals surface area contributed by atoms with Crippen LogP contribution in [0.5, 0.6) is 0 Å². The van der Waals surface area contributed by atoms with Gasteiger partial charge >= 0.3 is 0 Å². The number of carbonyl (C=O) groups is 2. The van der Waals surface area contributed by atoms with E-state index in [4.69, 9.17) is 4.74 Å². The van der Waals surface area contributed by atoms with Gasteiger partial charge in [-0.25, -0.2) is 0 Å². The van der Waals surface area contributed by atoms with Crippen molar-refractivity contribution in [1.82, 2.24) is 10.2 Å². The van der Waals surface area contributed by atoms with Crippen LogP contribution in [0.3, 0.4) is 0 Å². The average Bonchev–Trinajstić information content (AvgIpc) is 2.68. The van der Waals surface area contributed by atoms with Crippen LogP contribution in [-0.2, 0) is 14.3 Å². The molecule has 2 aliphatic carbocycles. The van der Waals surface area contributed by atoms with Crippen molar-refractivity contribution >= 4 is 11.8 Å². The lowest BCUT2D eigenvalue weighted by atomic mass is 9.65. The van der Waals surface area contributed by atoms with E-state index in [1.54, 1.807) is 0 Å². The third-order valence-corrected chi connectivity index (χ3v) is 5.47. The van der Waals surface area contributed by atoms with Gasteiger partial charge in [0.2, 0.25) is 11.8 Å². The van der Waals surface area contributed by atoms with Crippen LogP contribution in [0.25, 0.3) is 0 Å². The topological polar surface area (TPSA) is 78.9 Å². The summed E-state index contributed by atoms with van der Waals surface area (Å²) in [6, 6.07) is 0. The van der Waals surface area contributed by atoms with Crippen LogP contribution in [0.15, 0.2) is 0 Å². The molecular weight excluding hydrogens is 272 g/mol. The predicted octanol–water partition coefficient (Wildman–Crippen LogP) is 0.349. The van der Waals surface area contributed by atoms with Gasteiger partial charge in [-0.1, -0.05) is 0 Å². The maximum Gasteiger partial charge on any atom is 0.241 e. The van der Waals surface area contributed by atoms with Crippen LogP contribution in [0.1, 0.15) is 44.9 Å². The van der Waals surface area contributed by atoms with Gasteiger partial charge in [0.05, 0.1) is 6.10 Å². The Balaban J connectivity index is 1.41. The molecule has 4 bridgehead atoms. The van der Waals surface area contributed by atoms with Gasteiger partial charge in [0.1, 0.15) is 18.5 Å². The Morgan fingerprint density at radius 3 is 2.62 bits per heavy atom. The Morgan fingerprint density at radius 1 is 1.33 bits per heavy atom. The molecule has 5 aliphatic rings. The van der Waals surface area contributed by atoms with Crippen molar-refractivity contribution in [2.75, 3.05) is 6.54 Å². The number of nitrogens with zero attached hydrogens (tertiary/aromatic N) is 1. The number of amides is 2. The fourth-order valence-electron chi connectivity index (χ4n) is 4.86. The third kappa shape index (κ3) is 2.34. The summed E-state index contributed by atoms with van der Waals surface area (Å²) in [4.78, 5) is 25.2. The van der Waals surface area contributed by atoms with E-state index >= 15 is 0 Å². The van der Waals surface area contributed by atoms with Crippen molar-refractivity contribution in [3.8, 4) is 0 Å². The lowest BCUT2D eigenvalue weighted by Gasteiger charge is -2.56. The zero-order valence-electron chi connectivity index (χ0n) is 12.1. The third-order valence-electron chi connectivity index (χ3n) is 5.47. The zero-order valence-corrected chi connectivity index (χ0v) is 12.1. The van der Waals surface area contributed by atoms with Gasteiger partial charge in [0.25, 0.3) is 0 Å². The largest absolute Gasteiger partial charge is 0.373 e. The molecule has 6 heteroatoms. The highest BCUT2D eigenvalue weighted by atomic mass is 16.5. The molecule has 2 N–H and O–H groups in total. The van der Waals surface area contributed by atoms with Crippen LogP contribution in [0, 0.1) is 11.8 Å². The summed E-state index contributed by atoms with van der Waals surface area (Å²) in [7, 11) is 0. The van der Waals surface area contributed by atoms with E-state index in [0.717, 1.165) is 25.7 Å². The van der Waals surface area contributed by atoms with Gasteiger partial charge in [-0.15, -0.1) is 0 Å². The minimum Gasteiger partial charge on any atom is -0.373 e. The van der Waals surface area contributed by atoms with Crippen molar-refractivity contribution in [3.05, 3.63) is 0 Å². The van der Waals surface area contributed by atoms with Gasteiger partial charge in [0, 0.05) is 12.8 Å². The molecule has 0 radical (unpaired) electrons. The number of aliphatic hydroxyl groups is 1. The molecule has 3 unspecified atom stereocenters. The monoisotopic (exact) mass is 294 g/mol. The molecule has 116 valence electrons. The molecular formula is C15H22N2O4. The van der Waals surface area contributed by atoms with Crippen molar-refractivity contribution in [1.29, 1.82) is 0 Å². The van der Waals surface area contributed by atoms with E-state index < -0.39 is 12.0 Å². The Kier molecular flexibility index (Phi) is 3.01. The molecule has 5 rings (SSSR count). The molecule has 6 nitrogen and oxygen atoms in total. The highest BCUT2D eigenvalue weighted by Gasteiger charge is 2.53. The number of aliphatic hydroxyl groups excluding tert-OH is 1. The molecule has 3 heterocycles. The summed E-state index contributed by atoms with van der Waals surface area (Å²) >= 11 is 0. The van der Waals surface area contributed by atoms with Gasteiger partial charge in [0.15, 0.2) is 0 Å². The van der Waals surface area contributed by atoms with Crippen molar-refractivity contribution in [2.24, 2.45) is 11.8 Å². The van der Waals surface area contributed by atoms with E-state index in [2.05, 4.69) is 5.32 Å². The molecule has 3 saturated heterocycles. The molecule has 3 aliphatic heterocycles. The lowest BCUT2D eigenvalue weighted by molar-refractivity contribution is -0.233. The van der Waals surface area contributed by atoms with E-state index in [0.29, 0.717) is 24.7 Å². The van der Waals surface area contributed by atoms with Crippen LogP contribution in [-0.4, -0.2) is 46.4 Å². The maximum atomic E-state index is 12.3. The number of carbonyl (C=O) groups excluding carboxylic acids is 2. The average molecular weight is 294 g/mol. The number of hydrogen-bond donors (Lipinski definition) is 2. The SMILES string of the molecule is O=C(CN1C(=O)CCC1O)NC12C[C@@H]3CC(C[C@@H](C3)C1)O2. The van der Waals surface area contributed by atoms with Gasteiger partial charge in [-0.3, -0.25) is 9.59 Å². The highest BCUT2D eigenvalue weighted by molar-refractivity contribution is 5.86. The Labute approximate surface area is 123 Å². The summed E-state index contributed by atoms with van der Waals surface area (Å²) in [5, 5.41) is 12.8. The molecule has 2 saturated carbocycles. The first-order valence-electron chi connectivity index (χ1n) is 7.99. The fraction of sp³-hybridized carbons (Fsp3) is 0.867. The Bertz CT molecular complexity index is 443. The second-order valence-electron chi connectivity index (χ2n) is 7.17. The van der Waals surface area contributed by atoms with Crippen LogP contribution in [0.2, 0.25) is 0 Å². The van der Waals surface area contributed by atoms with Gasteiger partial charge < -0.3 is 20.1 Å². The first kappa shape index (κ1) is 13.5. The Hall–Kier alpha value is -1.14. The van der Waals surface area contributed by atoms with E-state index in [1.807, 2.05) is 0 Å². The number of hydrogen-bond acceptors (Lipinski definition) is 4. The normalized spacial score (nSPS) is 44.4. The number of likely N-dealkylation sites (tertiary alicyclic amines) is 1. The van der Waals surface area contributed by atoms with Crippen molar-refractivity contribution < 1.29 is 19.4 Å². The second-order valence-corrected chi connectivity index (χ2v) is 7.17. The lowest BCUT2D eigenvalue weighted by Crippen LogP contribution is -2.64. The zero-order chi connectivity index (χ0) is 14.6. The minimum atomic E-state index is -0.819. The number of rotatable bonds is 3. The van der Waals surface area contributed by atoms with Crippen LogP contribution >= 0.6 is 0 Å². The first-order valence-corrected chi connectivity index (χ1v) is 7.99. The molecule has 0 aromatic rings. The van der Waals surface area contributed by atoms with Gasteiger partial charge in [-0.2, -0.15) is 0 Å². The Morgan fingerprint density at radius 2 is 2.05 bits per heavy atom. The fourth-order valence-corrected chi connectivity index (χ4v) is 4.86. The summed E-state index contributed by atoms with van der Waals surface area (Å²) in [5.41, 5.74) is -0.514. The summed E-state index contributed by atoms with van der Waals surface area (Å²) < 4.78 is 6.10. The van der Waals surface area contributed by atoms with Gasteiger partial charge in [-0.05, 0) is 43.9 Å².